The summed E-state index contributed by atoms with van der Waals surface area (Å²) in [5.74, 6) is 0.372. The molecule has 0 aliphatic rings. The number of carbonyl (C=O) groups is 1. The first kappa shape index (κ1) is 26.9. The van der Waals surface area contributed by atoms with E-state index in [9.17, 15) is 13.2 Å². The molecule has 0 atom stereocenters. The molecular formula is C27H32N6O4S. The maximum absolute atomic E-state index is 13.4. The lowest BCUT2D eigenvalue weighted by atomic mass is 9.86. The normalized spacial score (nSPS) is 11.8. The number of ether oxygens (including phenoxy) is 1. The number of para-hydroxylation sites is 1. The van der Waals surface area contributed by atoms with Crippen LogP contribution in [0.4, 0.5) is 17.3 Å². The molecule has 2 aromatic carbocycles. The molecule has 2 heterocycles. The molecule has 4 N–H and O–H groups in total. The zero-order chi connectivity index (χ0) is 27.7. The van der Waals surface area contributed by atoms with Gasteiger partial charge < -0.3 is 20.4 Å². The molecule has 4 aromatic rings. The molecule has 0 unspecified atom stereocenters. The maximum Gasteiger partial charge on any atom is 0.272 e. The Morgan fingerprint density at radius 1 is 1.11 bits per heavy atom. The van der Waals surface area contributed by atoms with Crippen molar-refractivity contribution in [3.63, 3.8) is 0 Å². The Bertz CT molecular complexity index is 1610. The third kappa shape index (κ3) is 6.05. The van der Waals surface area contributed by atoms with Gasteiger partial charge in [-0.1, -0.05) is 39.0 Å². The second-order valence-corrected chi connectivity index (χ2v) is 11.8. The van der Waals surface area contributed by atoms with E-state index >= 15 is 0 Å². The van der Waals surface area contributed by atoms with Crippen molar-refractivity contribution in [1.82, 2.24) is 15.0 Å². The van der Waals surface area contributed by atoms with Gasteiger partial charge in [0, 0.05) is 30.6 Å². The van der Waals surface area contributed by atoms with Crippen LogP contribution in [0.2, 0.25) is 0 Å². The first-order chi connectivity index (χ1) is 17.9. The summed E-state index contributed by atoms with van der Waals surface area (Å²) in [6, 6.07) is 13.0. The van der Waals surface area contributed by atoms with E-state index in [4.69, 9.17) is 4.74 Å². The standard InChI is InChI=1S/C27H32N6O4S/c1-27(2,3)18-14-20(24(37-5)21(15-18)33-38(6,35)36)32-25(34)22-13-17-9-7-8-16(23(17)31-22)12-19-10-11-29-26(28-4)30-19/h7-11,13-15,31,33H,12H2,1-6H3,(H,32,34)(H,28,29,30). The number of aromatic amines is 1. The van der Waals surface area contributed by atoms with Gasteiger partial charge in [0.05, 0.1) is 30.4 Å². The molecule has 0 fully saturated rings. The van der Waals surface area contributed by atoms with E-state index in [1.54, 1.807) is 31.4 Å². The fraction of sp³-hybridized carbons (Fsp3) is 0.296. The molecule has 0 spiro atoms. The molecule has 0 saturated heterocycles. The molecule has 0 aliphatic heterocycles. The summed E-state index contributed by atoms with van der Waals surface area (Å²) < 4.78 is 32.0. The number of amides is 1. The molecule has 0 bridgehead atoms. The number of fused-ring (bicyclic) bond motifs is 1. The molecule has 2 aromatic heterocycles. The highest BCUT2D eigenvalue weighted by atomic mass is 32.2. The number of nitrogens with one attached hydrogen (secondary N) is 4. The van der Waals surface area contributed by atoms with Crippen molar-refractivity contribution in [3.8, 4) is 5.75 Å². The van der Waals surface area contributed by atoms with Crippen LogP contribution in [-0.4, -0.2) is 49.7 Å². The van der Waals surface area contributed by atoms with Gasteiger partial charge in [0.2, 0.25) is 16.0 Å². The Balaban J connectivity index is 1.70. The van der Waals surface area contributed by atoms with Crippen molar-refractivity contribution >= 4 is 44.2 Å². The largest absolute Gasteiger partial charge is 0.492 e. The minimum Gasteiger partial charge on any atom is -0.492 e. The van der Waals surface area contributed by atoms with Gasteiger partial charge in [-0.3, -0.25) is 9.52 Å². The van der Waals surface area contributed by atoms with Crippen LogP contribution >= 0.6 is 0 Å². The second kappa shape index (κ2) is 10.3. The predicted octanol–water partition coefficient (Wildman–Crippen LogP) is 4.52. The number of hydrogen-bond acceptors (Lipinski definition) is 7. The number of rotatable bonds is 8. The van der Waals surface area contributed by atoms with Gasteiger partial charge in [0.15, 0.2) is 5.75 Å². The van der Waals surface area contributed by atoms with E-state index in [2.05, 4.69) is 30.3 Å². The fourth-order valence-electron chi connectivity index (χ4n) is 4.14. The number of anilines is 3. The average molecular weight is 537 g/mol. The first-order valence-electron chi connectivity index (χ1n) is 12.0. The molecule has 10 nitrogen and oxygen atoms in total. The summed E-state index contributed by atoms with van der Waals surface area (Å²) in [4.78, 5) is 25.3. The summed E-state index contributed by atoms with van der Waals surface area (Å²) >= 11 is 0. The highest BCUT2D eigenvalue weighted by Crippen LogP contribution is 2.39. The Kier molecular flexibility index (Phi) is 7.32. The lowest BCUT2D eigenvalue weighted by molar-refractivity contribution is 0.102. The van der Waals surface area contributed by atoms with Crippen molar-refractivity contribution in [2.24, 2.45) is 0 Å². The van der Waals surface area contributed by atoms with Crippen LogP contribution in [0, 0.1) is 0 Å². The van der Waals surface area contributed by atoms with E-state index in [-0.39, 0.29) is 22.8 Å². The summed E-state index contributed by atoms with van der Waals surface area (Å²) in [6.07, 6.45) is 3.32. The van der Waals surface area contributed by atoms with Crippen LogP contribution in [0.5, 0.6) is 5.75 Å². The number of H-pyrrole nitrogens is 1. The number of methoxy groups -OCH3 is 1. The monoisotopic (exact) mass is 536 g/mol. The zero-order valence-corrected chi connectivity index (χ0v) is 23.1. The van der Waals surface area contributed by atoms with Crippen molar-refractivity contribution < 1.29 is 17.9 Å². The van der Waals surface area contributed by atoms with E-state index < -0.39 is 10.0 Å². The summed E-state index contributed by atoms with van der Waals surface area (Å²) in [7, 11) is -0.390. The Hall–Kier alpha value is -4.12. The van der Waals surface area contributed by atoms with Gasteiger partial charge in [-0.15, -0.1) is 0 Å². The van der Waals surface area contributed by atoms with Gasteiger partial charge in [-0.05, 0) is 40.8 Å². The summed E-state index contributed by atoms with van der Waals surface area (Å²) in [5, 5.41) is 6.72. The van der Waals surface area contributed by atoms with Gasteiger partial charge in [0.1, 0.15) is 5.69 Å². The van der Waals surface area contributed by atoms with Crippen molar-refractivity contribution in [2.75, 3.05) is 35.8 Å². The molecule has 4 rings (SSSR count). The zero-order valence-electron chi connectivity index (χ0n) is 22.3. The molecular weight excluding hydrogens is 504 g/mol. The number of carbonyl (C=O) groups excluding carboxylic acids is 1. The molecule has 0 saturated carbocycles. The molecule has 1 amide bonds. The van der Waals surface area contributed by atoms with Gasteiger partial charge in [-0.2, -0.15) is 0 Å². The van der Waals surface area contributed by atoms with Gasteiger partial charge in [-0.25, -0.2) is 18.4 Å². The van der Waals surface area contributed by atoms with E-state index in [1.807, 2.05) is 45.0 Å². The smallest absolute Gasteiger partial charge is 0.272 e. The van der Waals surface area contributed by atoms with Crippen LogP contribution in [0.25, 0.3) is 10.9 Å². The third-order valence-electron chi connectivity index (χ3n) is 6.00. The van der Waals surface area contributed by atoms with E-state index in [1.165, 1.54) is 7.11 Å². The summed E-state index contributed by atoms with van der Waals surface area (Å²) in [6.45, 7) is 6.00. The van der Waals surface area contributed by atoms with Crippen LogP contribution in [-0.2, 0) is 21.9 Å². The minimum absolute atomic E-state index is 0.220. The minimum atomic E-state index is -3.58. The van der Waals surface area contributed by atoms with Gasteiger partial charge in [0.25, 0.3) is 5.91 Å². The topological polar surface area (TPSA) is 138 Å². The predicted molar refractivity (Wildman–Crippen MR) is 151 cm³/mol. The first-order valence-corrected chi connectivity index (χ1v) is 13.9. The lowest BCUT2D eigenvalue weighted by Crippen LogP contribution is -2.18. The number of aromatic nitrogens is 3. The number of benzene rings is 2. The maximum atomic E-state index is 13.4. The Labute approximate surface area is 222 Å². The fourth-order valence-corrected chi connectivity index (χ4v) is 4.69. The summed E-state index contributed by atoms with van der Waals surface area (Å²) in [5.41, 5.74) is 4.12. The highest BCUT2D eigenvalue weighted by Gasteiger charge is 2.23. The molecule has 0 radical (unpaired) electrons. The third-order valence-corrected chi connectivity index (χ3v) is 6.59. The van der Waals surface area contributed by atoms with Crippen LogP contribution < -0.4 is 20.1 Å². The second-order valence-electron chi connectivity index (χ2n) is 10.0. The van der Waals surface area contributed by atoms with Crippen molar-refractivity contribution in [2.45, 2.75) is 32.6 Å². The van der Waals surface area contributed by atoms with Crippen LogP contribution in [0.1, 0.15) is 48.1 Å². The van der Waals surface area contributed by atoms with Gasteiger partial charge >= 0.3 is 0 Å². The number of sulfonamides is 1. The van der Waals surface area contributed by atoms with Crippen LogP contribution in [0.3, 0.4) is 0 Å². The quantitative estimate of drug-likeness (QED) is 0.260. The Morgan fingerprint density at radius 3 is 2.50 bits per heavy atom. The van der Waals surface area contributed by atoms with Crippen molar-refractivity contribution in [1.29, 1.82) is 0 Å². The highest BCUT2D eigenvalue weighted by molar-refractivity contribution is 7.92. The SMILES string of the molecule is CNc1nccc(Cc2cccc3cc(C(=O)Nc4cc(C(C)(C)C)cc(NS(C)(=O)=O)c4OC)[nH]c23)n1. The Morgan fingerprint density at radius 2 is 1.84 bits per heavy atom. The average Bonchev–Trinajstić information content (AvgIpc) is 3.28. The number of nitrogens with zero attached hydrogens (tertiary/aromatic N) is 2. The van der Waals surface area contributed by atoms with Crippen molar-refractivity contribution in [3.05, 3.63) is 71.2 Å². The molecule has 0 aliphatic carbocycles. The molecule has 11 heteroatoms. The molecule has 200 valence electrons. The van der Waals surface area contributed by atoms with Crippen LogP contribution in [0.15, 0.2) is 48.7 Å². The van der Waals surface area contributed by atoms with E-state index in [0.29, 0.717) is 23.8 Å². The van der Waals surface area contributed by atoms with E-state index in [0.717, 1.165) is 34.0 Å². The number of hydrogen-bond donors (Lipinski definition) is 4. The molecule has 38 heavy (non-hydrogen) atoms. The lowest BCUT2D eigenvalue weighted by Gasteiger charge is -2.23.